The molecule has 1 aliphatic rings. The van der Waals surface area contributed by atoms with Gasteiger partial charge in [-0.1, -0.05) is 25.1 Å². The van der Waals surface area contributed by atoms with Gasteiger partial charge in [-0.15, -0.1) is 0 Å². The van der Waals surface area contributed by atoms with Gasteiger partial charge in [0.15, 0.2) is 0 Å². The molecular formula is C23H29N3O. The molecule has 142 valence electrons. The minimum atomic E-state index is 0.368. The van der Waals surface area contributed by atoms with Crippen LogP contribution in [0, 0.1) is 0 Å². The van der Waals surface area contributed by atoms with E-state index in [0.29, 0.717) is 12.6 Å². The molecular weight excluding hydrogens is 334 g/mol. The minimum absolute atomic E-state index is 0.368. The Bertz CT molecular complexity index is 929. The molecule has 0 saturated carbocycles. The molecule has 0 N–H and O–H groups in total. The number of benzene rings is 2. The molecule has 1 aromatic heterocycles. The van der Waals surface area contributed by atoms with Gasteiger partial charge in [-0.05, 0) is 68.1 Å². The molecule has 0 unspecified atom stereocenters. The number of fused-ring (bicyclic) bond motifs is 2. The van der Waals surface area contributed by atoms with Gasteiger partial charge in [0.1, 0.15) is 12.4 Å². The SMILES string of the molecule is CCCN1CCc2c(cccc2OCc2ccc3c(cnn3C(C)C)c2)C1. The molecule has 27 heavy (non-hydrogen) atoms. The maximum atomic E-state index is 6.24. The highest BCUT2D eigenvalue weighted by Crippen LogP contribution is 2.29. The van der Waals surface area contributed by atoms with Gasteiger partial charge in [0.2, 0.25) is 0 Å². The summed E-state index contributed by atoms with van der Waals surface area (Å²) in [6, 6.07) is 13.4. The maximum Gasteiger partial charge on any atom is 0.123 e. The van der Waals surface area contributed by atoms with E-state index in [1.54, 1.807) is 0 Å². The Morgan fingerprint density at radius 3 is 2.89 bits per heavy atom. The van der Waals surface area contributed by atoms with Gasteiger partial charge in [-0.25, -0.2) is 0 Å². The number of hydrogen-bond acceptors (Lipinski definition) is 3. The highest BCUT2D eigenvalue weighted by molar-refractivity contribution is 5.79. The van der Waals surface area contributed by atoms with Crippen molar-refractivity contribution in [1.82, 2.24) is 14.7 Å². The average Bonchev–Trinajstić information content (AvgIpc) is 3.10. The number of hydrogen-bond donors (Lipinski definition) is 0. The summed E-state index contributed by atoms with van der Waals surface area (Å²) in [5.41, 5.74) is 5.17. The third-order valence-electron chi connectivity index (χ3n) is 5.39. The molecule has 0 bridgehead atoms. The fourth-order valence-electron chi connectivity index (χ4n) is 4.04. The van der Waals surface area contributed by atoms with E-state index < -0.39 is 0 Å². The van der Waals surface area contributed by atoms with Crippen LogP contribution in [0.2, 0.25) is 0 Å². The van der Waals surface area contributed by atoms with Crippen LogP contribution in [0.1, 0.15) is 49.9 Å². The van der Waals surface area contributed by atoms with Crippen molar-refractivity contribution in [3.8, 4) is 5.75 Å². The van der Waals surface area contributed by atoms with E-state index >= 15 is 0 Å². The molecule has 1 aliphatic heterocycles. The Hall–Kier alpha value is -2.33. The fourth-order valence-corrected chi connectivity index (χ4v) is 4.04. The number of ether oxygens (including phenoxy) is 1. The van der Waals surface area contributed by atoms with Crippen molar-refractivity contribution in [1.29, 1.82) is 0 Å². The van der Waals surface area contributed by atoms with Crippen LogP contribution in [-0.2, 0) is 19.6 Å². The summed E-state index contributed by atoms with van der Waals surface area (Å²) in [5, 5.41) is 5.68. The zero-order valence-corrected chi connectivity index (χ0v) is 16.6. The molecule has 4 heteroatoms. The van der Waals surface area contributed by atoms with E-state index in [4.69, 9.17) is 4.74 Å². The van der Waals surface area contributed by atoms with Crippen molar-refractivity contribution >= 4 is 10.9 Å². The smallest absolute Gasteiger partial charge is 0.123 e. The molecule has 0 atom stereocenters. The van der Waals surface area contributed by atoms with Crippen LogP contribution >= 0.6 is 0 Å². The second-order valence-electron chi connectivity index (χ2n) is 7.78. The average molecular weight is 364 g/mol. The van der Waals surface area contributed by atoms with Crippen molar-refractivity contribution in [2.24, 2.45) is 0 Å². The summed E-state index contributed by atoms with van der Waals surface area (Å²) in [7, 11) is 0. The molecule has 0 aliphatic carbocycles. The summed E-state index contributed by atoms with van der Waals surface area (Å²) in [6.45, 7) is 10.5. The molecule has 0 amide bonds. The van der Waals surface area contributed by atoms with Gasteiger partial charge in [0.25, 0.3) is 0 Å². The van der Waals surface area contributed by atoms with E-state index in [1.807, 2.05) is 6.20 Å². The number of aromatic nitrogens is 2. The normalized spacial score (nSPS) is 14.7. The molecule has 4 rings (SSSR count). The maximum absolute atomic E-state index is 6.24. The van der Waals surface area contributed by atoms with Crippen LogP contribution in [0.4, 0.5) is 0 Å². The molecule has 2 aromatic carbocycles. The molecule has 2 heterocycles. The van der Waals surface area contributed by atoms with Crippen molar-refractivity contribution in [2.45, 2.75) is 52.8 Å². The first-order valence-electron chi connectivity index (χ1n) is 10.1. The summed E-state index contributed by atoms with van der Waals surface area (Å²) >= 11 is 0. The lowest BCUT2D eigenvalue weighted by molar-refractivity contribution is 0.246. The highest BCUT2D eigenvalue weighted by Gasteiger charge is 2.18. The van der Waals surface area contributed by atoms with Crippen LogP contribution in [0.25, 0.3) is 10.9 Å². The summed E-state index contributed by atoms with van der Waals surface area (Å²) in [4.78, 5) is 2.53. The third kappa shape index (κ3) is 3.72. The first-order valence-corrected chi connectivity index (χ1v) is 10.1. The Kier molecular flexibility index (Phi) is 5.17. The van der Waals surface area contributed by atoms with Crippen LogP contribution in [0.5, 0.6) is 5.75 Å². The van der Waals surface area contributed by atoms with Gasteiger partial charge in [-0.2, -0.15) is 5.10 Å². The van der Waals surface area contributed by atoms with Crippen LogP contribution in [-0.4, -0.2) is 27.8 Å². The standard InChI is InChI=1S/C23H29N3O/c1-4-11-25-12-10-21-19(15-25)6-5-7-23(21)27-16-18-8-9-22-20(13-18)14-24-26(22)17(2)3/h5-9,13-14,17H,4,10-12,15-16H2,1-3H3. The Morgan fingerprint density at radius 2 is 2.07 bits per heavy atom. The van der Waals surface area contributed by atoms with Crippen molar-refractivity contribution in [3.05, 3.63) is 59.3 Å². The number of nitrogens with zero attached hydrogens (tertiary/aromatic N) is 3. The van der Waals surface area contributed by atoms with E-state index in [0.717, 1.165) is 25.3 Å². The molecule has 3 aromatic rings. The van der Waals surface area contributed by atoms with E-state index in [-0.39, 0.29) is 0 Å². The van der Waals surface area contributed by atoms with Gasteiger partial charge >= 0.3 is 0 Å². The molecule has 0 saturated heterocycles. The van der Waals surface area contributed by atoms with E-state index in [2.05, 4.69) is 71.8 Å². The fraction of sp³-hybridized carbons (Fsp3) is 0.435. The Labute approximate surface area is 161 Å². The highest BCUT2D eigenvalue weighted by atomic mass is 16.5. The van der Waals surface area contributed by atoms with Crippen molar-refractivity contribution in [3.63, 3.8) is 0 Å². The largest absolute Gasteiger partial charge is 0.489 e. The van der Waals surface area contributed by atoms with E-state index in [9.17, 15) is 0 Å². The zero-order chi connectivity index (χ0) is 18.8. The zero-order valence-electron chi connectivity index (χ0n) is 16.6. The van der Waals surface area contributed by atoms with Gasteiger partial charge in [0, 0.05) is 24.5 Å². The van der Waals surface area contributed by atoms with Gasteiger partial charge in [-0.3, -0.25) is 9.58 Å². The summed E-state index contributed by atoms with van der Waals surface area (Å²) < 4.78 is 8.31. The topological polar surface area (TPSA) is 30.3 Å². The Morgan fingerprint density at radius 1 is 1.19 bits per heavy atom. The van der Waals surface area contributed by atoms with Crippen LogP contribution < -0.4 is 4.74 Å². The third-order valence-corrected chi connectivity index (χ3v) is 5.39. The number of rotatable bonds is 6. The molecule has 0 fully saturated rings. The predicted molar refractivity (Wildman–Crippen MR) is 110 cm³/mol. The van der Waals surface area contributed by atoms with Crippen LogP contribution in [0.15, 0.2) is 42.6 Å². The molecule has 4 nitrogen and oxygen atoms in total. The second kappa shape index (κ2) is 7.73. The van der Waals surface area contributed by atoms with Crippen molar-refractivity contribution < 1.29 is 4.74 Å². The Balaban J connectivity index is 1.49. The lowest BCUT2D eigenvalue weighted by Gasteiger charge is -2.29. The van der Waals surface area contributed by atoms with Gasteiger partial charge < -0.3 is 4.74 Å². The summed E-state index contributed by atoms with van der Waals surface area (Å²) in [5.74, 6) is 1.04. The molecule has 0 radical (unpaired) electrons. The quantitative estimate of drug-likeness (QED) is 0.620. The monoisotopic (exact) mass is 363 g/mol. The molecule has 0 spiro atoms. The first kappa shape index (κ1) is 18.1. The predicted octanol–water partition coefficient (Wildman–Crippen LogP) is 4.96. The first-order chi connectivity index (χ1) is 13.2. The van der Waals surface area contributed by atoms with Gasteiger partial charge in [0.05, 0.1) is 11.7 Å². The minimum Gasteiger partial charge on any atom is -0.489 e. The van der Waals surface area contributed by atoms with Crippen LogP contribution in [0.3, 0.4) is 0 Å². The van der Waals surface area contributed by atoms with Crippen molar-refractivity contribution in [2.75, 3.05) is 13.1 Å². The summed E-state index contributed by atoms with van der Waals surface area (Å²) in [6.07, 6.45) is 4.23. The lowest BCUT2D eigenvalue weighted by atomic mass is 9.98. The second-order valence-corrected chi connectivity index (χ2v) is 7.78. The lowest BCUT2D eigenvalue weighted by Crippen LogP contribution is -2.31. The van der Waals surface area contributed by atoms with E-state index in [1.165, 1.54) is 40.6 Å².